The summed E-state index contributed by atoms with van der Waals surface area (Å²) in [6.07, 6.45) is 2.10. The lowest BCUT2D eigenvalue weighted by molar-refractivity contribution is 0.244. The van der Waals surface area contributed by atoms with Crippen LogP contribution in [-0.4, -0.2) is 43.5 Å². The van der Waals surface area contributed by atoms with Gasteiger partial charge >= 0.3 is 0 Å². The Bertz CT molecular complexity index is 447. The normalized spacial score (nSPS) is 17.0. The molecule has 0 unspecified atom stereocenters. The molecule has 1 aliphatic heterocycles. The van der Waals surface area contributed by atoms with Crippen LogP contribution in [0.15, 0.2) is 30.3 Å². The highest BCUT2D eigenvalue weighted by Crippen LogP contribution is 2.22. The molecule has 1 heterocycles. The van der Waals surface area contributed by atoms with E-state index in [1.807, 2.05) is 0 Å². The van der Waals surface area contributed by atoms with Crippen LogP contribution in [0.4, 0.5) is 5.69 Å². The fourth-order valence-corrected chi connectivity index (χ4v) is 2.75. The SMILES string of the molecule is CC(C)(CCCN1CCN(c2ccccc2)CC1)C(=N)N. The summed E-state index contributed by atoms with van der Waals surface area (Å²) in [5, 5.41) is 7.60. The summed E-state index contributed by atoms with van der Waals surface area (Å²) >= 11 is 0. The third-order valence-electron chi connectivity index (χ3n) is 4.50. The Morgan fingerprint density at radius 1 is 1.14 bits per heavy atom. The molecule has 4 heteroatoms. The predicted molar refractivity (Wildman–Crippen MR) is 90.0 cm³/mol. The molecule has 1 aromatic carbocycles. The third-order valence-corrected chi connectivity index (χ3v) is 4.50. The van der Waals surface area contributed by atoms with Crippen LogP contribution in [0, 0.1) is 10.8 Å². The molecule has 2 rings (SSSR count). The Balaban J connectivity index is 1.71. The van der Waals surface area contributed by atoms with Crippen molar-refractivity contribution in [3.63, 3.8) is 0 Å². The van der Waals surface area contributed by atoms with Crippen LogP contribution in [0.3, 0.4) is 0 Å². The molecule has 0 bridgehead atoms. The highest BCUT2D eigenvalue weighted by molar-refractivity contribution is 5.82. The number of nitrogens with two attached hydrogens (primary N) is 1. The summed E-state index contributed by atoms with van der Waals surface area (Å²) in [6, 6.07) is 10.6. The number of hydrogen-bond acceptors (Lipinski definition) is 3. The van der Waals surface area contributed by atoms with Crippen LogP contribution < -0.4 is 10.6 Å². The Morgan fingerprint density at radius 2 is 1.76 bits per heavy atom. The average Bonchev–Trinajstić information content (AvgIpc) is 2.48. The van der Waals surface area contributed by atoms with Crippen LogP contribution in [0.5, 0.6) is 0 Å². The zero-order valence-corrected chi connectivity index (χ0v) is 13.3. The van der Waals surface area contributed by atoms with Gasteiger partial charge in [-0.3, -0.25) is 10.3 Å². The van der Waals surface area contributed by atoms with Gasteiger partial charge in [-0.25, -0.2) is 0 Å². The number of para-hydroxylation sites is 1. The van der Waals surface area contributed by atoms with Crippen LogP contribution in [0.25, 0.3) is 0 Å². The second-order valence-electron chi connectivity index (χ2n) is 6.57. The van der Waals surface area contributed by atoms with E-state index in [2.05, 4.69) is 54.0 Å². The van der Waals surface area contributed by atoms with Crippen molar-refractivity contribution in [3.05, 3.63) is 30.3 Å². The summed E-state index contributed by atoms with van der Waals surface area (Å²) in [5.74, 6) is 0.302. The van der Waals surface area contributed by atoms with Crippen LogP contribution in [-0.2, 0) is 0 Å². The quantitative estimate of drug-likeness (QED) is 0.625. The lowest BCUT2D eigenvalue weighted by Gasteiger charge is -2.36. The summed E-state index contributed by atoms with van der Waals surface area (Å²) in [6.45, 7) is 9.66. The minimum atomic E-state index is -0.161. The Kier molecular flexibility index (Phi) is 5.23. The van der Waals surface area contributed by atoms with Gasteiger partial charge in [0, 0.05) is 37.3 Å². The standard InChI is InChI=1S/C17H28N4/c1-17(2,16(18)19)9-6-10-20-11-13-21(14-12-20)15-7-4-3-5-8-15/h3-5,7-8H,6,9-14H2,1-2H3,(H3,18,19). The lowest BCUT2D eigenvalue weighted by Crippen LogP contribution is -2.46. The Hall–Kier alpha value is -1.55. The molecule has 0 aromatic heterocycles. The number of hydrogen-bond donors (Lipinski definition) is 2. The number of nitrogens with one attached hydrogen (secondary N) is 1. The van der Waals surface area contributed by atoms with E-state index in [-0.39, 0.29) is 5.41 Å². The maximum Gasteiger partial charge on any atom is 0.0963 e. The van der Waals surface area contributed by atoms with Gasteiger partial charge in [0.05, 0.1) is 5.84 Å². The van der Waals surface area contributed by atoms with Gasteiger partial charge in [0.15, 0.2) is 0 Å². The molecular weight excluding hydrogens is 260 g/mol. The molecule has 0 saturated carbocycles. The molecule has 1 saturated heterocycles. The number of anilines is 1. The first-order valence-electron chi connectivity index (χ1n) is 7.86. The number of benzene rings is 1. The number of nitrogens with zero attached hydrogens (tertiary/aromatic N) is 2. The van der Waals surface area contributed by atoms with Gasteiger partial charge in [-0.15, -0.1) is 0 Å². The molecule has 0 amide bonds. The van der Waals surface area contributed by atoms with Crippen LogP contribution in [0.1, 0.15) is 26.7 Å². The highest BCUT2D eigenvalue weighted by atomic mass is 15.3. The average molecular weight is 288 g/mol. The van der Waals surface area contributed by atoms with Crippen molar-refractivity contribution in [1.29, 1.82) is 5.41 Å². The number of piperazine rings is 1. The van der Waals surface area contributed by atoms with Crippen molar-refractivity contribution in [3.8, 4) is 0 Å². The topological polar surface area (TPSA) is 56.4 Å². The van der Waals surface area contributed by atoms with Gasteiger partial charge in [-0.1, -0.05) is 32.0 Å². The van der Waals surface area contributed by atoms with Crippen molar-refractivity contribution in [2.45, 2.75) is 26.7 Å². The van der Waals surface area contributed by atoms with Gasteiger partial charge < -0.3 is 10.6 Å². The minimum absolute atomic E-state index is 0.161. The zero-order valence-electron chi connectivity index (χ0n) is 13.3. The molecule has 3 N–H and O–H groups in total. The molecule has 0 spiro atoms. The number of rotatable bonds is 6. The Labute approximate surface area is 128 Å². The van der Waals surface area contributed by atoms with E-state index in [9.17, 15) is 0 Å². The molecule has 4 nitrogen and oxygen atoms in total. The number of amidine groups is 1. The predicted octanol–water partition coefficient (Wildman–Crippen LogP) is 2.55. The molecule has 0 radical (unpaired) electrons. The highest BCUT2D eigenvalue weighted by Gasteiger charge is 2.22. The van der Waals surface area contributed by atoms with E-state index < -0.39 is 0 Å². The second-order valence-corrected chi connectivity index (χ2v) is 6.57. The smallest absolute Gasteiger partial charge is 0.0963 e. The maximum absolute atomic E-state index is 7.60. The summed E-state index contributed by atoms with van der Waals surface area (Å²) in [7, 11) is 0. The fraction of sp³-hybridized carbons (Fsp3) is 0.588. The summed E-state index contributed by atoms with van der Waals surface area (Å²) in [5.41, 5.74) is 6.80. The van der Waals surface area contributed by atoms with Crippen molar-refractivity contribution in [1.82, 2.24) is 4.90 Å². The first kappa shape index (κ1) is 15.8. The van der Waals surface area contributed by atoms with E-state index in [1.165, 1.54) is 5.69 Å². The van der Waals surface area contributed by atoms with Crippen LogP contribution in [0.2, 0.25) is 0 Å². The maximum atomic E-state index is 7.60. The van der Waals surface area contributed by atoms with Gasteiger partial charge in [-0.05, 0) is 31.5 Å². The van der Waals surface area contributed by atoms with Crippen molar-refractivity contribution in [2.24, 2.45) is 11.1 Å². The largest absolute Gasteiger partial charge is 0.387 e. The second kappa shape index (κ2) is 6.94. The van der Waals surface area contributed by atoms with Crippen molar-refractivity contribution in [2.75, 3.05) is 37.6 Å². The monoisotopic (exact) mass is 288 g/mol. The molecule has 1 fully saturated rings. The molecule has 1 aromatic rings. The third kappa shape index (κ3) is 4.46. The van der Waals surface area contributed by atoms with E-state index >= 15 is 0 Å². The van der Waals surface area contributed by atoms with Crippen molar-refractivity contribution >= 4 is 11.5 Å². The lowest BCUT2D eigenvalue weighted by atomic mass is 9.86. The van der Waals surface area contributed by atoms with Crippen LogP contribution >= 0.6 is 0 Å². The molecule has 0 atom stereocenters. The van der Waals surface area contributed by atoms with Crippen molar-refractivity contribution < 1.29 is 0 Å². The zero-order chi connectivity index (χ0) is 15.3. The summed E-state index contributed by atoms with van der Waals surface area (Å²) in [4.78, 5) is 4.98. The molecular formula is C17H28N4. The fourth-order valence-electron chi connectivity index (χ4n) is 2.75. The van der Waals surface area contributed by atoms with E-state index in [4.69, 9.17) is 11.1 Å². The van der Waals surface area contributed by atoms with Gasteiger partial charge in [0.25, 0.3) is 0 Å². The van der Waals surface area contributed by atoms with E-state index in [0.717, 1.165) is 45.6 Å². The van der Waals surface area contributed by atoms with Gasteiger partial charge in [0.2, 0.25) is 0 Å². The summed E-state index contributed by atoms with van der Waals surface area (Å²) < 4.78 is 0. The van der Waals surface area contributed by atoms with Gasteiger partial charge in [-0.2, -0.15) is 0 Å². The molecule has 0 aliphatic carbocycles. The van der Waals surface area contributed by atoms with Gasteiger partial charge in [0.1, 0.15) is 0 Å². The first-order valence-corrected chi connectivity index (χ1v) is 7.86. The van der Waals surface area contributed by atoms with E-state index in [1.54, 1.807) is 0 Å². The molecule has 1 aliphatic rings. The molecule has 21 heavy (non-hydrogen) atoms. The Morgan fingerprint density at radius 3 is 2.33 bits per heavy atom. The van der Waals surface area contributed by atoms with E-state index in [0.29, 0.717) is 5.84 Å². The molecule has 116 valence electrons. The minimum Gasteiger partial charge on any atom is -0.387 e. The first-order chi connectivity index (χ1) is 9.99.